The number of hydrogen-bond acceptors (Lipinski definition) is 4. The number of likely N-dealkylation sites (tertiary alicyclic amines) is 1. The lowest BCUT2D eigenvalue weighted by Crippen LogP contribution is -2.42. The first kappa shape index (κ1) is 10.9. The maximum Gasteiger partial charge on any atom is 0.326 e. The van der Waals surface area contributed by atoms with Crippen LogP contribution in [0.5, 0.6) is 0 Å². The molecule has 0 unspecified atom stereocenters. The summed E-state index contributed by atoms with van der Waals surface area (Å²) in [5.74, 6) is -1.50. The van der Waals surface area contributed by atoms with Gasteiger partial charge in [0.1, 0.15) is 12.6 Å². The van der Waals surface area contributed by atoms with Gasteiger partial charge in [-0.2, -0.15) is 0 Å². The predicted molar refractivity (Wildman–Crippen MR) is 45.6 cm³/mol. The molecule has 1 amide bonds. The average molecular weight is 203 g/mol. The third-order valence-electron chi connectivity index (χ3n) is 2.15. The minimum Gasteiger partial charge on any atom is -0.480 e. The van der Waals surface area contributed by atoms with E-state index in [4.69, 9.17) is 5.11 Å². The second-order valence-electron chi connectivity index (χ2n) is 3.22. The topological polar surface area (TPSA) is 87.1 Å². The average Bonchev–Trinajstić information content (AvgIpc) is 2.48. The zero-order valence-electron chi connectivity index (χ0n) is 7.84. The highest BCUT2D eigenvalue weighted by molar-refractivity contribution is 5.85. The molecule has 2 N–H and O–H groups in total. The molecule has 0 radical (unpaired) electrons. The number of carbonyl (C=O) groups is 2. The van der Waals surface area contributed by atoms with Crippen LogP contribution in [0.1, 0.15) is 6.42 Å². The van der Waals surface area contributed by atoms with Crippen LogP contribution in [0.3, 0.4) is 0 Å². The second-order valence-corrected chi connectivity index (χ2v) is 3.22. The quantitative estimate of drug-likeness (QED) is 0.594. The zero-order valence-corrected chi connectivity index (χ0v) is 7.84. The van der Waals surface area contributed by atoms with E-state index >= 15 is 0 Å². The lowest BCUT2D eigenvalue weighted by atomic mass is 10.2. The van der Waals surface area contributed by atoms with Crippen LogP contribution in [-0.4, -0.2) is 59.4 Å². The Kier molecular flexibility index (Phi) is 3.43. The molecule has 1 saturated heterocycles. The van der Waals surface area contributed by atoms with Crippen LogP contribution in [0.25, 0.3) is 0 Å². The highest BCUT2D eigenvalue weighted by Gasteiger charge is 2.38. The number of carboxylic acid groups (broad SMARTS) is 1. The van der Waals surface area contributed by atoms with Crippen LogP contribution in [0.15, 0.2) is 0 Å². The molecule has 0 saturated carbocycles. The second kappa shape index (κ2) is 4.39. The standard InChI is InChI=1S/C8H13NO5/c1-14-4-7(11)9-3-5(10)2-6(9)8(12)13/h5-6,10H,2-4H2,1H3,(H,12,13)/t5-,6-/m1/s1. The number of hydrogen-bond donors (Lipinski definition) is 2. The van der Waals surface area contributed by atoms with Crippen molar-refractivity contribution >= 4 is 11.9 Å². The molecule has 0 spiro atoms. The number of amides is 1. The van der Waals surface area contributed by atoms with Gasteiger partial charge in [0, 0.05) is 20.1 Å². The molecule has 1 rings (SSSR count). The molecule has 14 heavy (non-hydrogen) atoms. The molecular formula is C8H13NO5. The summed E-state index contributed by atoms with van der Waals surface area (Å²) in [6.45, 7) is -0.0876. The summed E-state index contributed by atoms with van der Waals surface area (Å²) in [5.41, 5.74) is 0. The minimum atomic E-state index is -1.09. The fourth-order valence-corrected chi connectivity index (χ4v) is 1.53. The molecule has 0 aliphatic carbocycles. The Morgan fingerprint density at radius 2 is 2.21 bits per heavy atom. The number of nitrogens with zero attached hydrogens (tertiary/aromatic N) is 1. The number of methoxy groups -OCH3 is 1. The zero-order chi connectivity index (χ0) is 10.7. The van der Waals surface area contributed by atoms with Crippen LogP contribution in [-0.2, 0) is 14.3 Å². The Hall–Kier alpha value is -1.14. The van der Waals surface area contributed by atoms with Crippen LogP contribution in [0.2, 0.25) is 0 Å². The fourth-order valence-electron chi connectivity index (χ4n) is 1.53. The van der Waals surface area contributed by atoms with Gasteiger partial charge in [-0.25, -0.2) is 4.79 Å². The maximum absolute atomic E-state index is 11.3. The van der Waals surface area contributed by atoms with Crippen molar-refractivity contribution < 1.29 is 24.5 Å². The largest absolute Gasteiger partial charge is 0.480 e. The first-order valence-corrected chi connectivity index (χ1v) is 4.25. The van der Waals surface area contributed by atoms with Gasteiger partial charge in [-0.05, 0) is 0 Å². The van der Waals surface area contributed by atoms with E-state index in [0.29, 0.717) is 0 Å². The van der Waals surface area contributed by atoms with Gasteiger partial charge in [-0.15, -0.1) is 0 Å². The van der Waals surface area contributed by atoms with Crippen molar-refractivity contribution in [2.24, 2.45) is 0 Å². The molecule has 1 aliphatic heterocycles. The molecule has 1 aliphatic rings. The van der Waals surface area contributed by atoms with Gasteiger partial charge in [0.2, 0.25) is 5.91 Å². The number of β-amino-alcohol motifs (C(OH)–C–C–N with tert-alkyl or cyclic N) is 1. The van der Waals surface area contributed by atoms with Gasteiger partial charge < -0.3 is 19.8 Å². The Balaban J connectivity index is 2.66. The third kappa shape index (κ3) is 2.21. The molecule has 0 aromatic carbocycles. The summed E-state index contributed by atoms with van der Waals surface area (Å²) >= 11 is 0. The van der Waals surface area contributed by atoms with Gasteiger partial charge in [0.15, 0.2) is 0 Å². The summed E-state index contributed by atoms with van der Waals surface area (Å²) in [7, 11) is 1.36. The van der Waals surface area contributed by atoms with E-state index < -0.39 is 24.0 Å². The van der Waals surface area contributed by atoms with Gasteiger partial charge in [-0.3, -0.25) is 4.79 Å². The smallest absolute Gasteiger partial charge is 0.326 e. The molecule has 0 aromatic heterocycles. The highest BCUT2D eigenvalue weighted by Crippen LogP contribution is 2.18. The maximum atomic E-state index is 11.3. The Morgan fingerprint density at radius 3 is 2.71 bits per heavy atom. The third-order valence-corrected chi connectivity index (χ3v) is 2.15. The molecule has 1 heterocycles. The van der Waals surface area contributed by atoms with Crippen molar-refractivity contribution in [2.75, 3.05) is 20.3 Å². The van der Waals surface area contributed by atoms with E-state index in [9.17, 15) is 14.7 Å². The monoisotopic (exact) mass is 203 g/mol. The summed E-state index contributed by atoms with van der Waals surface area (Å²) in [5, 5.41) is 18.0. The first-order valence-electron chi connectivity index (χ1n) is 4.25. The SMILES string of the molecule is COCC(=O)N1C[C@H](O)C[C@@H]1C(=O)O. The Bertz CT molecular complexity index is 242. The van der Waals surface area contributed by atoms with Crippen molar-refractivity contribution in [3.8, 4) is 0 Å². The number of aliphatic hydroxyl groups is 1. The van der Waals surface area contributed by atoms with E-state index in [2.05, 4.69) is 4.74 Å². The van der Waals surface area contributed by atoms with Crippen LogP contribution >= 0.6 is 0 Å². The molecule has 80 valence electrons. The van der Waals surface area contributed by atoms with Crippen LogP contribution < -0.4 is 0 Å². The van der Waals surface area contributed by atoms with Crippen molar-refractivity contribution in [1.82, 2.24) is 4.90 Å². The molecule has 0 bridgehead atoms. The lowest BCUT2D eigenvalue weighted by molar-refractivity contribution is -0.149. The van der Waals surface area contributed by atoms with Crippen LogP contribution in [0, 0.1) is 0 Å². The highest BCUT2D eigenvalue weighted by atomic mass is 16.5. The number of carbonyl (C=O) groups excluding carboxylic acids is 1. The molecule has 6 nitrogen and oxygen atoms in total. The van der Waals surface area contributed by atoms with Crippen LogP contribution in [0.4, 0.5) is 0 Å². The number of rotatable bonds is 3. The number of aliphatic hydroxyl groups excluding tert-OH is 1. The molecule has 2 atom stereocenters. The van der Waals surface area contributed by atoms with Crippen molar-refractivity contribution in [3.63, 3.8) is 0 Å². The van der Waals surface area contributed by atoms with E-state index in [1.54, 1.807) is 0 Å². The Morgan fingerprint density at radius 1 is 1.57 bits per heavy atom. The first-order chi connectivity index (χ1) is 6.56. The Labute approximate surface area is 81.1 Å². The summed E-state index contributed by atoms with van der Waals surface area (Å²) < 4.78 is 4.61. The summed E-state index contributed by atoms with van der Waals surface area (Å²) in [6.07, 6.45) is -0.665. The van der Waals surface area contributed by atoms with Gasteiger partial charge in [0.25, 0.3) is 0 Å². The van der Waals surface area contributed by atoms with Gasteiger partial charge >= 0.3 is 5.97 Å². The van der Waals surface area contributed by atoms with Crippen molar-refractivity contribution in [2.45, 2.75) is 18.6 Å². The number of ether oxygens (including phenoxy) is 1. The predicted octanol–water partition coefficient (Wildman–Crippen LogP) is -1.32. The normalized spacial score (nSPS) is 26.6. The molecule has 6 heteroatoms. The van der Waals surface area contributed by atoms with Gasteiger partial charge in [0.05, 0.1) is 6.10 Å². The number of carboxylic acids is 1. The van der Waals surface area contributed by atoms with E-state index in [1.165, 1.54) is 7.11 Å². The lowest BCUT2D eigenvalue weighted by Gasteiger charge is -2.20. The molecule has 1 fully saturated rings. The van der Waals surface area contributed by atoms with Crippen molar-refractivity contribution in [3.05, 3.63) is 0 Å². The summed E-state index contributed by atoms with van der Waals surface area (Å²) in [6, 6.07) is -0.923. The molecule has 0 aromatic rings. The summed E-state index contributed by atoms with van der Waals surface area (Å²) in [4.78, 5) is 23.2. The minimum absolute atomic E-state index is 0.0686. The fraction of sp³-hybridized carbons (Fsp3) is 0.750. The van der Waals surface area contributed by atoms with Gasteiger partial charge in [-0.1, -0.05) is 0 Å². The van der Waals surface area contributed by atoms with E-state index in [-0.39, 0.29) is 19.6 Å². The van der Waals surface area contributed by atoms with Crippen molar-refractivity contribution in [1.29, 1.82) is 0 Å². The van der Waals surface area contributed by atoms with E-state index in [0.717, 1.165) is 4.90 Å². The van der Waals surface area contributed by atoms with E-state index in [1.807, 2.05) is 0 Å². The molecular weight excluding hydrogens is 190 g/mol. The number of aliphatic carboxylic acids is 1.